The summed E-state index contributed by atoms with van der Waals surface area (Å²) >= 11 is 0. The molecule has 0 bridgehead atoms. The van der Waals surface area contributed by atoms with Gasteiger partial charge in [0, 0.05) is 23.8 Å². The molecule has 1 aromatic rings. The van der Waals surface area contributed by atoms with E-state index in [-0.39, 0.29) is 17.5 Å². The van der Waals surface area contributed by atoms with E-state index in [9.17, 15) is 4.79 Å². The Morgan fingerprint density at radius 1 is 1.41 bits per heavy atom. The minimum atomic E-state index is -0.286. The van der Waals surface area contributed by atoms with Crippen LogP contribution in [-0.2, 0) is 4.79 Å². The fraction of sp³-hybridized carbons (Fsp3) is 0.588. The highest BCUT2D eigenvalue weighted by molar-refractivity contribution is 5.85. The predicted molar refractivity (Wildman–Crippen MR) is 91.0 cm³/mol. The summed E-state index contributed by atoms with van der Waals surface area (Å²) in [7, 11) is 0. The summed E-state index contributed by atoms with van der Waals surface area (Å²) in [6.45, 7) is 16.1. The second-order valence-electron chi connectivity index (χ2n) is 6.52. The van der Waals surface area contributed by atoms with Gasteiger partial charge in [0.2, 0.25) is 5.91 Å². The highest BCUT2D eigenvalue weighted by Gasteiger charge is 2.27. The highest BCUT2D eigenvalue weighted by atomic mass is 16.2. The molecule has 0 aromatic carbocycles. The summed E-state index contributed by atoms with van der Waals surface area (Å²) in [5.41, 5.74) is 0.629. The number of aryl methyl sites for hydroxylation is 2. The molecule has 1 N–H and O–H groups in total. The van der Waals surface area contributed by atoms with Crippen LogP contribution in [0.1, 0.15) is 45.6 Å². The number of aromatic nitrogens is 2. The van der Waals surface area contributed by atoms with Gasteiger partial charge in [0.15, 0.2) is 0 Å². The van der Waals surface area contributed by atoms with Gasteiger partial charge in [-0.15, -0.1) is 6.58 Å². The van der Waals surface area contributed by atoms with E-state index in [4.69, 9.17) is 0 Å². The van der Waals surface area contributed by atoms with Gasteiger partial charge >= 0.3 is 0 Å². The van der Waals surface area contributed by atoms with E-state index in [0.717, 1.165) is 11.5 Å². The van der Waals surface area contributed by atoms with E-state index in [1.165, 1.54) is 0 Å². The van der Waals surface area contributed by atoms with Crippen LogP contribution in [0.3, 0.4) is 0 Å². The van der Waals surface area contributed by atoms with E-state index < -0.39 is 0 Å². The lowest BCUT2D eigenvalue weighted by Gasteiger charge is -2.33. The van der Waals surface area contributed by atoms with Gasteiger partial charge in [-0.1, -0.05) is 13.0 Å². The summed E-state index contributed by atoms with van der Waals surface area (Å²) < 4.78 is 0. The van der Waals surface area contributed by atoms with Crippen LogP contribution in [0.4, 0.5) is 5.82 Å². The topological polar surface area (TPSA) is 58.1 Å². The van der Waals surface area contributed by atoms with Crippen LogP contribution in [0.2, 0.25) is 0 Å². The lowest BCUT2D eigenvalue weighted by molar-refractivity contribution is -0.123. The van der Waals surface area contributed by atoms with Crippen molar-refractivity contribution in [3.63, 3.8) is 0 Å². The van der Waals surface area contributed by atoms with Gasteiger partial charge in [-0.2, -0.15) is 0 Å². The van der Waals surface area contributed by atoms with Crippen LogP contribution >= 0.6 is 0 Å². The first-order valence-corrected chi connectivity index (χ1v) is 7.69. The average Bonchev–Trinajstić information content (AvgIpc) is 2.35. The van der Waals surface area contributed by atoms with Crippen molar-refractivity contribution in [2.24, 2.45) is 0 Å². The first-order valence-electron chi connectivity index (χ1n) is 7.69. The molecule has 0 aliphatic carbocycles. The number of carbonyl (C=O) groups is 1. The molecule has 0 aliphatic heterocycles. The van der Waals surface area contributed by atoms with Gasteiger partial charge in [-0.05, 0) is 41.0 Å². The molecule has 0 radical (unpaired) electrons. The number of anilines is 1. The number of hydrogen-bond donors (Lipinski definition) is 1. The molecule has 1 heterocycles. The average molecular weight is 304 g/mol. The molecule has 0 spiro atoms. The standard InChI is InChI=1S/C17H28N4O/c1-8-10-21(15-11-12(3)18-13(4)19-15)14(9-2)16(22)20-17(5,6)7/h8,11,14H,1,9-10H2,2-7H3,(H,20,22). The molecule has 1 amide bonds. The van der Waals surface area contributed by atoms with Crippen molar-refractivity contribution in [2.75, 3.05) is 11.4 Å². The van der Waals surface area contributed by atoms with Crippen molar-refractivity contribution < 1.29 is 4.79 Å². The van der Waals surface area contributed by atoms with E-state index >= 15 is 0 Å². The molecule has 1 rings (SSSR count). The maximum absolute atomic E-state index is 12.6. The monoisotopic (exact) mass is 304 g/mol. The van der Waals surface area contributed by atoms with E-state index in [2.05, 4.69) is 21.9 Å². The molecule has 1 aromatic heterocycles. The fourth-order valence-electron chi connectivity index (χ4n) is 2.36. The zero-order valence-corrected chi connectivity index (χ0v) is 14.6. The van der Waals surface area contributed by atoms with Crippen LogP contribution in [0.25, 0.3) is 0 Å². The minimum Gasteiger partial charge on any atom is -0.350 e. The number of rotatable bonds is 6. The molecule has 1 unspecified atom stereocenters. The molecule has 22 heavy (non-hydrogen) atoms. The van der Waals surface area contributed by atoms with Gasteiger partial charge in [-0.25, -0.2) is 9.97 Å². The van der Waals surface area contributed by atoms with Gasteiger partial charge in [0.05, 0.1) is 0 Å². The zero-order chi connectivity index (χ0) is 16.9. The number of carbonyl (C=O) groups excluding carboxylic acids is 1. The molecular formula is C17H28N4O. The Labute approximate surface area is 133 Å². The third-order valence-corrected chi connectivity index (χ3v) is 3.14. The molecule has 1 atom stereocenters. The molecular weight excluding hydrogens is 276 g/mol. The number of hydrogen-bond acceptors (Lipinski definition) is 4. The van der Waals surface area contributed by atoms with Crippen LogP contribution in [0.5, 0.6) is 0 Å². The molecule has 5 heteroatoms. The molecule has 0 fully saturated rings. The second kappa shape index (κ2) is 7.38. The Morgan fingerprint density at radius 3 is 2.50 bits per heavy atom. The number of nitrogens with zero attached hydrogens (tertiary/aromatic N) is 3. The lowest BCUT2D eigenvalue weighted by Crippen LogP contribution is -2.52. The van der Waals surface area contributed by atoms with Crippen molar-refractivity contribution in [1.29, 1.82) is 0 Å². The third kappa shape index (κ3) is 5.13. The quantitative estimate of drug-likeness (QED) is 0.821. The van der Waals surface area contributed by atoms with Gasteiger partial charge in [0.25, 0.3) is 0 Å². The summed E-state index contributed by atoms with van der Waals surface area (Å²) in [6.07, 6.45) is 2.48. The largest absolute Gasteiger partial charge is 0.350 e. The molecule has 0 saturated heterocycles. The van der Waals surface area contributed by atoms with E-state index in [0.29, 0.717) is 18.8 Å². The summed E-state index contributed by atoms with van der Waals surface area (Å²) in [6, 6.07) is 1.62. The molecule has 5 nitrogen and oxygen atoms in total. The molecule has 0 aliphatic rings. The summed E-state index contributed by atoms with van der Waals surface area (Å²) in [5.74, 6) is 1.47. The van der Waals surface area contributed by atoms with Gasteiger partial charge < -0.3 is 10.2 Å². The molecule has 122 valence electrons. The lowest BCUT2D eigenvalue weighted by atomic mass is 10.1. The van der Waals surface area contributed by atoms with Crippen LogP contribution in [0, 0.1) is 13.8 Å². The Balaban J connectivity index is 3.15. The number of nitrogens with one attached hydrogen (secondary N) is 1. The number of amides is 1. The Hall–Kier alpha value is -1.91. The van der Waals surface area contributed by atoms with Crippen molar-refractivity contribution in [3.8, 4) is 0 Å². The van der Waals surface area contributed by atoms with Crippen LogP contribution < -0.4 is 10.2 Å². The molecule has 0 saturated carbocycles. The maximum Gasteiger partial charge on any atom is 0.243 e. The Kier molecular flexibility index (Phi) is 6.09. The minimum absolute atomic E-state index is 0.00534. The Bertz CT molecular complexity index is 514. The van der Waals surface area contributed by atoms with Crippen LogP contribution in [-0.4, -0.2) is 34.0 Å². The maximum atomic E-state index is 12.6. The fourth-order valence-corrected chi connectivity index (χ4v) is 2.36. The predicted octanol–water partition coefficient (Wildman–Crippen LogP) is 2.78. The second-order valence-corrected chi connectivity index (χ2v) is 6.52. The normalized spacial score (nSPS) is 12.6. The van der Waals surface area contributed by atoms with E-state index in [1.807, 2.05) is 52.5 Å². The van der Waals surface area contributed by atoms with Gasteiger partial charge in [0.1, 0.15) is 17.7 Å². The Morgan fingerprint density at radius 2 is 2.05 bits per heavy atom. The highest BCUT2D eigenvalue weighted by Crippen LogP contribution is 2.18. The summed E-state index contributed by atoms with van der Waals surface area (Å²) in [5, 5.41) is 3.05. The third-order valence-electron chi connectivity index (χ3n) is 3.14. The first-order chi connectivity index (χ1) is 10.2. The SMILES string of the molecule is C=CCN(c1cc(C)nc(C)n1)C(CC)C(=O)NC(C)(C)C. The van der Waals surface area contributed by atoms with Gasteiger partial charge in [-0.3, -0.25) is 4.79 Å². The summed E-state index contributed by atoms with van der Waals surface area (Å²) in [4.78, 5) is 23.4. The van der Waals surface area contributed by atoms with E-state index in [1.54, 1.807) is 6.08 Å². The van der Waals surface area contributed by atoms with Crippen molar-refractivity contribution in [3.05, 3.63) is 30.2 Å². The van der Waals surface area contributed by atoms with Crippen molar-refractivity contribution in [1.82, 2.24) is 15.3 Å². The first kappa shape index (κ1) is 18.1. The van der Waals surface area contributed by atoms with Crippen molar-refractivity contribution in [2.45, 2.75) is 59.5 Å². The zero-order valence-electron chi connectivity index (χ0n) is 14.6. The van der Waals surface area contributed by atoms with Crippen LogP contribution in [0.15, 0.2) is 18.7 Å². The van der Waals surface area contributed by atoms with Crippen molar-refractivity contribution >= 4 is 11.7 Å². The smallest absolute Gasteiger partial charge is 0.243 e.